The Morgan fingerprint density at radius 2 is 1.28 bits per heavy atom. The summed E-state index contributed by atoms with van der Waals surface area (Å²) in [5, 5.41) is 4.57. The van der Waals surface area contributed by atoms with Crippen LogP contribution in [0.2, 0.25) is 0 Å². The van der Waals surface area contributed by atoms with E-state index in [-0.39, 0.29) is 5.78 Å². The molecule has 154 valence electrons. The number of hydrogen-bond acceptors (Lipinski definition) is 2. The zero-order valence-corrected chi connectivity index (χ0v) is 17.6. The quantitative estimate of drug-likeness (QED) is 0.164. The molecule has 0 saturated heterocycles. The van der Waals surface area contributed by atoms with Crippen molar-refractivity contribution >= 4 is 33.4 Å². The van der Waals surface area contributed by atoms with E-state index in [4.69, 9.17) is 4.74 Å². The zero-order chi connectivity index (χ0) is 21.8. The molecule has 0 aliphatic carbocycles. The Morgan fingerprint density at radius 1 is 0.688 bits per heavy atom. The van der Waals surface area contributed by atoms with E-state index in [2.05, 4.69) is 30.3 Å². The molecule has 0 bridgehead atoms. The van der Waals surface area contributed by atoms with E-state index in [9.17, 15) is 4.79 Å². The second-order valence-electron chi connectivity index (χ2n) is 7.70. The van der Waals surface area contributed by atoms with Crippen LogP contribution in [0.5, 0.6) is 5.75 Å². The first kappa shape index (κ1) is 19.8. The molecule has 0 unspecified atom stereocenters. The fourth-order valence-corrected chi connectivity index (χ4v) is 4.01. The summed E-state index contributed by atoms with van der Waals surface area (Å²) in [5.41, 5.74) is 2.67. The Bertz CT molecular complexity index is 1380. The number of ketones is 1. The lowest BCUT2D eigenvalue weighted by molar-refractivity contribution is 0.104. The van der Waals surface area contributed by atoms with Gasteiger partial charge in [0.1, 0.15) is 12.4 Å². The summed E-state index contributed by atoms with van der Waals surface area (Å²) < 4.78 is 5.98. The predicted octanol–water partition coefficient (Wildman–Crippen LogP) is 7.47. The average Bonchev–Trinajstić information content (AvgIpc) is 2.86. The van der Waals surface area contributed by atoms with Crippen LogP contribution in [-0.2, 0) is 6.61 Å². The topological polar surface area (TPSA) is 26.3 Å². The van der Waals surface area contributed by atoms with Crippen molar-refractivity contribution in [3.05, 3.63) is 132 Å². The van der Waals surface area contributed by atoms with Gasteiger partial charge in [-0.25, -0.2) is 0 Å². The van der Waals surface area contributed by atoms with E-state index >= 15 is 0 Å². The summed E-state index contributed by atoms with van der Waals surface area (Å²) >= 11 is 0. The number of hydrogen-bond donors (Lipinski definition) is 0. The third kappa shape index (κ3) is 4.03. The Kier molecular flexibility index (Phi) is 5.50. The molecule has 0 saturated carbocycles. The third-order valence-corrected chi connectivity index (χ3v) is 5.60. The van der Waals surface area contributed by atoms with E-state index in [1.165, 1.54) is 0 Å². The Labute approximate surface area is 187 Å². The summed E-state index contributed by atoms with van der Waals surface area (Å²) in [6, 6.07) is 36.1. The van der Waals surface area contributed by atoms with Gasteiger partial charge in [0.25, 0.3) is 0 Å². The lowest BCUT2D eigenvalue weighted by atomic mass is 9.96. The number of rotatable bonds is 6. The van der Waals surface area contributed by atoms with E-state index in [0.717, 1.165) is 32.7 Å². The molecule has 0 aromatic heterocycles. The number of carbonyl (C=O) groups excluding carboxylic acids is 1. The van der Waals surface area contributed by atoms with Crippen LogP contribution in [0.3, 0.4) is 0 Å². The SMILES string of the molecule is O=C(/C=C\c1c2ccccc2cc2ccccc12)c1ccccc1OCc1ccccc1. The highest BCUT2D eigenvalue weighted by Crippen LogP contribution is 2.30. The Balaban J connectivity index is 1.48. The van der Waals surface area contributed by atoms with Crippen molar-refractivity contribution in [2.45, 2.75) is 6.61 Å². The zero-order valence-electron chi connectivity index (χ0n) is 17.6. The molecule has 32 heavy (non-hydrogen) atoms. The van der Waals surface area contributed by atoms with Gasteiger partial charge < -0.3 is 4.74 Å². The average molecular weight is 415 g/mol. The molecule has 0 aliphatic heterocycles. The highest BCUT2D eigenvalue weighted by molar-refractivity contribution is 6.12. The minimum Gasteiger partial charge on any atom is -0.488 e. The van der Waals surface area contributed by atoms with E-state index in [1.807, 2.05) is 84.9 Å². The molecule has 5 aromatic carbocycles. The lowest BCUT2D eigenvalue weighted by Crippen LogP contribution is -2.02. The largest absolute Gasteiger partial charge is 0.488 e. The number of carbonyl (C=O) groups is 1. The third-order valence-electron chi connectivity index (χ3n) is 5.60. The number of fused-ring (bicyclic) bond motifs is 2. The summed E-state index contributed by atoms with van der Waals surface area (Å²) in [4.78, 5) is 13.2. The monoisotopic (exact) mass is 414 g/mol. The number of para-hydroxylation sites is 1. The van der Waals surface area contributed by atoms with Gasteiger partial charge >= 0.3 is 0 Å². The molecular formula is C30H22O2. The molecule has 0 amide bonds. The van der Waals surface area contributed by atoms with Gasteiger partial charge in [-0.1, -0.05) is 91.0 Å². The van der Waals surface area contributed by atoms with Gasteiger partial charge in [0.05, 0.1) is 5.56 Å². The molecule has 0 heterocycles. The number of ether oxygens (including phenoxy) is 1. The molecule has 5 rings (SSSR count). The minimum absolute atomic E-state index is 0.0781. The van der Waals surface area contributed by atoms with Crippen molar-refractivity contribution in [1.82, 2.24) is 0 Å². The summed E-state index contributed by atoms with van der Waals surface area (Å²) in [6.07, 6.45) is 3.58. The maximum absolute atomic E-state index is 13.2. The summed E-state index contributed by atoms with van der Waals surface area (Å²) in [6.45, 7) is 0.419. The molecule has 0 fully saturated rings. The predicted molar refractivity (Wildman–Crippen MR) is 132 cm³/mol. The van der Waals surface area contributed by atoms with Crippen molar-refractivity contribution in [3.63, 3.8) is 0 Å². The minimum atomic E-state index is -0.0781. The van der Waals surface area contributed by atoms with Crippen LogP contribution in [0.15, 0.2) is 115 Å². The van der Waals surface area contributed by atoms with Crippen LogP contribution in [-0.4, -0.2) is 5.78 Å². The van der Waals surface area contributed by atoms with Gasteiger partial charge in [-0.2, -0.15) is 0 Å². The maximum Gasteiger partial charge on any atom is 0.189 e. The molecule has 0 N–H and O–H groups in total. The van der Waals surface area contributed by atoms with Crippen molar-refractivity contribution in [1.29, 1.82) is 0 Å². The molecule has 5 aromatic rings. The van der Waals surface area contributed by atoms with Crippen LogP contribution < -0.4 is 4.74 Å². The highest BCUT2D eigenvalue weighted by Gasteiger charge is 2.11. The molecule has 0 aliphatic rings. The maximum atomic E-state index is 13.2. The van der Waals surface area contributed by atoms with Crippen molar-refractivity contribution < 1.29 is 9.53 Å². The van der Waals surface area contributed by atoms with Crippen molar-refractivity contribution in [2.24, 2.45) is 0 Å². The summed E-state index contributed by atoms with van der Waals surface area (Å²) in [7, 11) is 0. The van der Waals surface area contributed by atoms with E-state index < -0.39 is 0 Å². The van der Waals surface area contributed by atoms with E-state index in [1.54, 1.807) is 6.08 Å². The number of benzene rings is 5. The highest BCUT2D eigenvalue weighted by atomic mass is 16.5. The summed E-state index contributed by atoms with van der Waals surface area (Å²) in [5.74, 6) is 0.513. The van der Waals surface area contributed by atoms with Gasteiger partial charge in [0.15, 0.2) is 5.78 Å². The smallest absolute Gasteiger partial charge is 0.189 e. The Morgan fingerprint density at radius 3 is 2.00 bits per heavy atom. The van der Waals surface area contributed by atoms with Gasteiger partial charge in [0.2, 0.25) is 0 Å². The fraction of sp³-hybridized carbons (Fsp3) is 0.0333. The molecule has 2 heteroatoms. The van der Waals surface area contributed by atoms with Gasteiger partial charge in [-0.15, -0.1) is 0 Å². The van der Waals surface area contributed by atoms with Crippen LogP contribution in [0.25, 0.3) is 27.6 Å². The fourth-order valence-electron chi connectivity index (χ4n) is 4.01. The van der Waals surface area contributed by atoms with Crippen LogP contribution in [0.4, 0.5) is 0 Å². The Hall–Kier alpha value is -4.17. The van der Waals surface area contributed by atoms with Crippen LogP contribution in [0.1, 0.15) is 21.5 Å². The van der Waals surface area contributed by atoms with Crippen LogP contribution in [0, 0.1) is 0 Å². The first-order valence-electron chi connectivity index (χ1n) is 10.7. The van der Waals surface area contributed by atoms with Gasteiger partial charge in [0, 0.05) is 0 Å². The molecule has 0 spiro atoms. The van der Waals surface area contributed by atoms with Crippen molar-refractivity contribution in [2.75, 3.05) is 0 Å². The van der Waals surface area contributed by atoms with E-state index in [0.29, 0.717) is 17.9 Å². The van der Waals surface area contributed by atoms with Crippen molar-refractivity contribution in [3.8, 4) is 5.75 Å². The molecule has 0 atom stereocenters. The molecule has 2 nitrogen and oxygen atoms in total. The molecule has 0 radical (unpaired) electrons. The second kappa shape index (κ2) is 8.91. The lowest BCUT2D eigenvalue weighted by Gasteiger charge is -2.10. The second-order valence-corrected chi connectivity index (χ2v) is 7.70. The first-order chi connectivity index (χ1) is 15.8. The van der Waals surface area contributed by atoms with Gasteiger partial charge in [-0.05, 0) is 63.0 Å². The molecular weight excluding hydrogens is 392 g/mol. The standard InChI is InChI=1S/C30H22O2/c31-29(28-16-8-9-17-30(28)32-21-22-10-2-1-3-11-22)19-18-27-25-14-6-4-12-23(25)20-24-13-5-7-15-26(24)27/h1-20H,21H2/b19-18-. The normalized spacial score (nSPS) is 11.2. The van der Waals surface area contributed by atoms with Crippen LogP contribution >= 0.6 is 0 Å². The van der Waals surface area contributed by atoms with Gasteiger partial charge in [-0.3, -0.25) is 4.79 Å². The first-order valence-corrected chi connectivity index (χ1v) is 10.7. The number of allylic oxidation sites excluding steroid dienone is 1.